The molecule has 2 aromatic rings. The van der Waals surface area contributed by atoms with Crippen molar-refractivity contribution in [2.24, 2.45) is 0 Å². The fourth-order valence-electron chi connectivity index (χ4n) is 3.31. The lowest BCUT2D eigenvalue weighted by Crippen LogP contribution is -2.41. The summed E-state index contributed by atoms with van der Waals surface area (Å²) in [6.45, 7) is 3.42. The molecule has 2 aliphatic rings. The van der Waals surface area contributed by atoms with Crippen LogP contribution in [0, 0.1) is 5.82 Å². The van der Waals surface area contributed by atoms with Gasteiger partial charge in [-0.15, -0.1) is 0 Å². The van der Waals surface area contributed by atoms with Gasteiger partial charge in [0, 0.05) is 17.3 Å². The summed E-state index contributed by atoms with van der Waals surface area (Å²) in [5.41, 5.74) is 1.56. The van der Waals surface area contributed by atoms with E-state index in [0.29, 0.717) is 28.0 Å². The van der Waals surface area contributed by atoms with Gasteiger partial charge in [-0.2, -0.15) is 9.78 Å². The Morgan fingerprint density at radius 3 is 2.69 bits per heavy atom. The minimum atomic E-state index is -0.801. The summed E-state index contributed by atoms with van der Waals surface area (Å²) < 4.78 is 20.1. The molecule has 0 radical (unpaired) electrons. The average molecular weight is 437 g/mol. The Kier molecular flexibility index (Phi) is 5.59. The van der Waals surface area contributed by atoms with Crippen LogP contribution in [0.25, 0.3) is 27.8 Å². The minimum Gasteiger partial charge on any atom is -0.464 e. The highest BCUT2D eigenvalue weighted by atomic mass is 19.1. The third-order valence-electron chi connectivity index (χ3n) is 4.86. The zero-order valence-electron chi connectivity index (χ0n) is 17.3. The summed E-state index contributed by atoms with van der Waals surface area (Å²) in [4.78, 5) is 39.3. The van der Waals surface area contributed by atoms with E-state index in [4.69, 9.17) is 4.74 Å². The van der Waals surface area contributed by atoms with Gasteiger partial charge in [0.1, 0.15) is 17.6 Å². The Balaban J connectivity index is 1.56. The summed E-state index contributed by atoms with van der Waals surface area (Å²) in [6.07, 6.45) is 1.44. The third kappa shape index (κ3) is 3.89. The molecule has 2 aliphatic heterocycles. The second kappa shape index (κ2) is 8.50. The molecular formula is C22H20FN5O4. The van der Waals surface area contributed by atoms with Crippen molar-refractivity contribution < 1.29 is 18.7 Å². The number of aromatic amines is 1. The van der Waals surface area contributed by atoms with E-state index < -0.39 is 23.9 Å². The van der Waals surface area contributed by atoms with Gasteiger partial charge in [0.2, 0.25) is 0 Å². The number of urea groups is 1. The number of hydrogen-bond acceptors (Lipinski definition) is 5. The quantitative estimate of drug-likeness (QED) is 0.415. The number of benzene rings is 2. The highest BCUT2D eigenvalue weighted by Crippen LogP contribution is 2.27. The van der Waals surface area contributed by atoms with Crippen LogP contribution >= 0.6 is 0 Å². The number of ether oxygens (including phenoxy) is 1. The SMILES string of the molecule is CCOC(=O)C(C)NC(=O)Nc1ccc(-n2nc3c4cccc(F)c4[nH]cc-3c2=O)cc1. The van der Waals surface area contributed by atoms with Gasteiger partial charge in [-0.1, -0.05) is 12.1 Å². The number of aromatic nitrogens is 3. The molecule has 0 saturated carbocycles. The van der Waals surface area contributed by atoms with Crippen molar-refractivity contribution >= 4 is 28.6 Å². The van der Waals surface area contributed by atoms with Crippen LogP contribution in [0.15, 0.2) is 53.5 Å². The molecule has 1 atom stereocenters. The van der Waals surface area contributed by atoms with Crippen LogP contribution in [0.5, 0.6) is 0 Å². The fourth-order valence-corrected chi connectivity index (χ4v) is 3.31. The van der Waals surface area contributed by atoms with Gasteiger partial charge in [-0.3, -0.25) is 4.79 Å². The lowest BCUT2D eigenvalue weighted by molar-refractivity contribution is -0.144. The molecule has 32 heavy (non-hydrogen) atoms. The number of carbonyl (C=O) groups is 2. The van der Waals surface area contributed by atoms with Gasteiger partial charge in [-0.05, 0) is 44.2 Å². The van der Waals surface area contributed by atoms with Crippen LogP contribution in [-0.2, 0) is 9.53 Å². The van der Waals surface area contributed by atoms with Crippen LogP contribution in [0.4, 0.5) is 14.9 Å². The maximum atomic E-state index is 14.0. The molecule has 0 saturated heterocycles. The third-order valence-corrected chi connectivity index (χ3v) is 4.86. The summed E-state index contributed by atoms with van der Waals surface area (Å²) in [6, 6.07) is 9.63. The summed E-state index contributed by atoms with van der Waals surface area (Å²) in [7, 11) is 0. The summed E-state index contributed by atoms with van der Waals surface area (Å²) in [5, 5.41) is 9.98. The first-order chi connectivity index (χ1) is 15.4. The Morgan fingerprint density at radius 1 is 1.22 bits per heavy atom. The van der Waals surface area contributed by atoms with Crippen LogP contribution in [0.3, 0.4) is 0 Å². The molecule has 0 bridgehead atoms. The standard InChI is InChI=1S/C22H20FN5O4/c1-3-32-21(30)12(2)25-22(31)26-13-7-9-14(10-8-13)28-20(29)16-11-24-19-15(18(16)27-28)5-4-6-17(19)23/h4-12,24H,3H2,1-2H3,(H2,25,26,31). The van der Waals surface area contributed by atoms with Gasteiger partial charge in [0.15, 0.2) is 0 Å². The molecule has 3 N–H and O–H groups in total. The maximum absolute atomic E-state index is 14.0. The second-order valence-corrected chi connectivity index (χ2v) is 7.05. The smallest absolute Gasteiger partial charge is 0.328 e. The Morgan fingerprint density at radius 2 is 1.97 bits per heavy atom. The largest absolute Gasteiger partial charge is 0.464 e. The van der Waals surface area contributed by atoms with Crippen molar-refractivity contribution in [1.82, 2.24) is 20.1 Å². The molecule has 0 aromatic heterocycles. The zero-order chi connectivity index (χ0) is 22.8. The molecule has 0 aliphatic carbocycles. The van der Waals surface area contributed by atoms with Crippen LogP contribution in [-0.4, -0.2) is 39.4 Å². The maximum Gasteiger partial charge on any atom is 0.328 e. The van der Waals surface area contributed by atoms with Crippen LogP contribution in [0.1, 0.15) is 13.8 Å². The number of para-hydroxylation sites is 1. The van der Waals surface area contributed by atoms with Crippen molar-refractivity contribution in [2.75, 3.05) is 11.9 Å². The zero-order valence-corrected chi connectivity index (χ0v) is 17.3. The number of halogens is 1. The van der Waals surface area contributed by atoms with Gasteiger partial charge in [-0.25, -0.2) is 14.0 Å². The van der Waals surface area contributed by atoms with Crippen molar-refractivity contribution in [2.45, 2.75) is 19.9 Å². The van der Waals surface area contributed by atoms with Gasteiger partial charge in [0.25, 0.3) is 5.56 Å². The monoisotopic (exact) mass is 437 g/mol. The lowest BCUT2D eigenvalue weighted by atomic mass is 10.1. The van der Waals surface area contributed by atoms with Crippen LogP contribution < -0.4 is 16.2 Å². The number of anilines is 1. The molecule has 2 heterocycles. The van der Waals surface area contributed by atoms with E-state index in [-0.39, 0.29) is 17.7 Å². The molecular weight excluding hydrogens is 417 g/mol. The molecule has 2 amide bonds. The van der Waals surface area contributed by atoms with E-state index in [1.54, 1.807) is 43.3 Å². The Bertz CT molecular complexity index is 1330. The normalized spacial score (nSPS) is 12.0. The molecule has 9 nitrogen and oxygen atoms in total. The van der Waals surface area contributed by atoms with Crippen molar-refractivity contribution in [3.05, 3.63) is 64.8 Å². The first kappa shape index (κ1) is 21.0. The number of rotatable bonds is 5. The summed E-state index contributed by atoms with van der Waals surface area (Å²) >= 11 is 0. The van der Waals surface area contributed by atoms with E-state index >= 15 is 0 Å². The van der Waals surface area contributed by atoms with E-state index in [9.17, 15) is 18.8 Å². The number of H-pyrrole nitrogens is 1. The highest BCUT2D eigenvalue weighted by molar-refractivity contribution is 5.94. The molecule has 164 valence electrons. The molecule has 1 unspecified atom stereocenters. The number of amides is 2. The number of nitrogens with one attached hydrogen (secondary N) is 3. The molecule has 0 fully saturated rings. The number of nitrogens with zero attached hydrogens (tertiary/aromatic N) is 2. The molecule has 10 heteroatoms. The number of fused-ring (bicyclic) bond motifs is 3. The van der Waals surface area contributed by atoms with E-state index in [0.717, 1.165) is 0 Å². The average Bonchev–Trinajstić information content (AvgIpc) is 3.11. The topological polar surface area (TPSA) is 118 Å². The Labute approximate surface area is 181 Å². The lowest BCUT2D eigenvalue weighted by Gasteiger charge is -2.13. The summed E-state index contributed by atoms with van der Waals surface area (Å²) in [5.74, 6) is -0.964. The predicted octanol–water partition coefficient (Wildman–Crippen LogP) is 3.03. The van der Waals surface area contributed by atoms with E-state index in [1.165, 1.54) is 23.9 Å². The fraction of sp³-hybridized carbons (Fsp3) is 0.182. The van der Waals surface area contributed by atoms with Crippen LogP contribution in [0.2, 0.25) is 0 Å². The van der Waals surface area contributed by atoms with Gasteiger partial charge >= 0.3 is 12.0 Å². The first-order valence-corrected chi connectivity index (χ1v) is 9.92. The number of esters is 1. The molecule has 2 aromatic carbocycles. The van der Waals surface area contributed by atoms with Crippen molar-refractivity contribution in [3.63, 3.8) is 0 Å². The van der Waals surface area contributed by atoms with Gasteiger partial charge in [0.05, 0.1) is 23.4 Å². The number of hydrogen-bond donors (Lipinski definition) is 3. The van der Waals surface area contributed by atoms with Crippen molar-refractivity contribution in [3.8, 4) is 16.9 Å². The number of pyridine rings is 1. The Hall–Kier alpha value is -4.21. The van der Waals surface area contributed by atoms with E-state index in [2.05, 4.69) is 20.7 Å². The van der Waals surface area contributed by atoms with Crippen molar-refractivity contribution in [1.29, 1.82) is 0 Å². The molecule has 4 rings (SSSR count). The second-order valence-electron chi connectivity index (χ2n) is 7.05. The highest BCUT2D eigenvalue weighted by Gasteiger charge is 2.20. The predicted molar refractivity (Wildman–Crippen MR) is 117 cm³/mol. The van der Waals surface area contributed by atoms with Gasteiger partial charge < -0.3 is 20.4 Å². The molecule has 0 spiro atoms. The number of carbonyl (C=O) groups excluding carboxylic acids is 2. The van der Waals surface area contributed by atoms with E-state index in [1.807, 2.05) is 0 Å². The first-order valence-electron chi connectivity index (χ1n) is 9.92. The minimum absolute atomic E-state index is 0.223.